The van der Waals surface area contributed by atoms with Gasteiger partial charge in [-0.05, 0) is 80.9 Å². The number of aliphatic hydroxyl groups excluding tert-OH is 1. The number of aliphatic hydroxyl groups is 1. The molecule has 9 nitrogen and oxygen atoms in total. The molecule has 0 radical (unpaired) electrons. The monoisotopic (exact) mass is 604 g/mol. The van der Waals surface area contributed by atoms with Gasteiger partial charge in [-0.15, -0.1) is 0 Å². The largest absolute Gasteiger partial charge is 0.392 e. The second kappa shape index (κ2) is 11.5. The summed E-state index contributed by atoms with van der Waals surface area (Å²) in [6, 6.07) is 20.0. The van der Waals surface area contributed by atoms with Gasteiger partial charge in [0.1, 0.15) is 11.3 Å². The van der Waals surface area contributed by atoms with E-state index >= 15 is 4.39 Å². The molecule has 0 atom stereocenters. The van der Waals surface area contributed by atoms with E-state index in [9.17, 15) is 14.7 Å². The maximum Gasteiger partial charge on any atom is 0.293 e. The molecule has 4 heterocycles. The van der Waals surface area contributed by atoms with Gasteiger partial charge in [-0.3, -0.25) is 14.2 Å². The summed E-state index contributed by atoms with van der Waals surface area (Å²) in [5.74, 6) is -0.0389. The Hall–Kier alpha value is -5.06. The van der Waals surface area contributed by atoms with Crippen molar-refractivity contribution in [2.75, 3.05) is 25.5 Å². The summed E-state index contributed by atoms with van der Waals surface area (Å²) >= 11 is 0. The number of anilines is 2. The van der Waals surface area contributed by atoms with Gasteiger partial charge in [-0.1, -0.05) is 30.3 Å². The number of fused-ring (bicyclic) bond motifs is 3. The Morgan fingerprint density at radius 2 is 1.69 bits per heavy atom. The molecular formula is C35H33FN6O3. The lowest BCUT2D eigenvalue weighted by atomic mass is 9.89. The van der Waals surface area contributed by atoms with Gasteiger partial charge in [-0.2, -0.15) is 0 Å². The van der Waals surface area contributed by atoms with Crippen molar-refractivity contribution in [2.24, 2.45) is 7.05 Å². The number of nitrogens with one attached hydrogen (secondary N) is 1. The van der Waals surface area contributed by atoms with Crippen LogP contribution in [0.15, 0.2) is 94.9 Å². The minimum absolute atomic E-state index is 0.0650. The first-order valence-electron chi connectivity index (χ1n) is 15.0. The Morgan fingerprint density at radius 3 is 2.44 bits per heavy atom. The maximum absolute atomic E-state index is 15.3. The molecule has 6 aromatic rings. The second-order valence-corrected chi connectivity index (χ2v) is 11.8. The van der Waals surface area contributed by atoms with Crippen molar-refractivity contribution < 1.29 is 9.50 Å². The predicted molar refractivity (Wildman–Crippen MR) is 174 cm³/mol. The van der Waals surface area contributed by atoms with Gasteiger partial charge in [0.25, 0.3) is 11.1 Å². The van der Waals surface area contributed by atoms with E-state index in [1.54, 1.807) is 29.9 Å². The molecule has 0 unspecified atom stereocenters. The van der Waals surface area contributed by atoms with E-state index in [0.29, 0.717) is 22.7 Å². The number of piperidine rings is 1. The summed E-state index contributed by atoms with van der Waals surface area (Å²) in [5.41, 5.74) is 3.60. The molecule has 228 valence electrons. The summed E-state index contributed by atoms with van der Waals surface area (Å²) in [4.78, 5) is 33.7. The zero-order valence-electron chi connectivity index (χ0n) is 25.1. The lowest BCUT2D eigenvalue weighted by Crippen LogP contribution is -2.29. The molecular weight excluding hydrogens is 571 g/mol. The van der Waals surface area contributed by atoms with Crippen LogP contribution in [0.2, 0.25) is 0 Å². The van der Waals surface area contributed by atoms with Crippen LogP contribution in [0.1, 0.15) is 29.9 Å². The number of likely N-dealkylation sites (tertiary alicyclic amines) is 1. The Bertz CT molecular complexity index is 2180. The summed E-state index contributed by atoms with van der Waals surface area (Å²) in [5, 5.41) is 14.6. The number of hydrogen-bond donors (Lipinski definition) is 2. The lowest BCUT2D eigenvalue weighted by molar-refractivity contribution is 0.255. The van der Waals surface area contributed by atoms with Crippen LogP contribution in [0.5, 0.6) is 0 Å². The van der Waals surface area contributed by atoms with E-state index in [2.05, 4.69) is 34.4 Å². The predicted octanol–water partition coefficient (Wildman–Crippen LogP) is 5.19. The summed E-state index contributed by atoms with van der Waals surface area (Å²) in [6.07, 6.45) is 7.03. The first-order chi connectivity index (χ1) is 21.8. The average Bonchev–Trinajstić information content (AvgIpc) is 3.43. The smallest absolute Gasteiger partial charge is 0.293 e. The van der Waals surface area contributed by atoms with Gasteiger partial charge in [0.05, 0.1) is 23.5 Å². The molecule has 0 amide bonds. The topological polar surface area (TPSA) is 96.8 Å². The molecule has 7 rings (SSSR count). The molecule has 45 heavy (non-hydrogen) atoms. The van der Waals surface area contributed by atoms with Crippen molar-refractivity contribution in [3.8, 4) is 16.9 Å². The Balaban J connectivity index is 1.27. The third kappa shape index (κ3) is 5.22. The summed E-state index contributed by atoms with van der Waals surface area (Å²) < 4.78 is 19.7. The average molecular weight is 605 g/mol. The van der Waals surface area contributed by atoms with E-state index in [1.807, 2.05) is 36.4 Å². The molecule has 0 spiro atoms. The first-order valence-corrected chi connectivity index (χ1v) is 15.0. The van der Waals surface area contributed by atoms with Crippen LogP contribution in [0.25, 0.3) is 33.4 Å². The third-order valence-corrected chi connectivity index (χ3v) is 8.87. The number of benzene rings is 3. The van der Waals surface area contributed by atoms with E-state index < -0.39 is 12.4 Å². The third-order valence-electron chi connectivity index (χ3n) is 8.87. The summed E-state index contributed by atoms with van der Waals surface area (Å²) in [6.45, 7) is 1.65. The highest BCUT2D eigenvalue weighted by molar-refractivity contribution is 5.87. The molecule has 3 aromatic heterocycles. The van der Waals surface area contributed by atoms with Gasteiger partial charge < -0.3 is 24.3 Å². The number of para-hydroxylation sites is 1. The Kier molecular flexibility index (Phi) is 7.31. The van der Waals surface area contributed by atoms with Gasteiger partial charge in [0.2, 0.25) is 0 Å². The van der Waals surface area contributed by atoms with E-state index in [1.165, 1.54) is 33.0 Å². The highest BCUT2D eigenvalue weighted by Gasteiger charge is 2.20. The molecule has 1 aliphatic heterocycles. The SMILES string of the molecule is CN1CCC(c2ccc(Nc3nc(-c4cc(F)cc(-n5ccn6c(cc7ccccc76)c5=O)c4CO)cn(C)c3=O)cc2)CC1. The van der Waals surface area contributed by atoms with Gasteiger partial charge >= 0.3 is 0 Å². The minimum atomic E-state index is -0.612. The fraction of sp³-hybridized carbons (Fsp3) is 0.229. The number of nitrogens with zero attached hydrogens (tertiary/aromatic N) is 5. The Morgan fingerprint density at radius 1 is 0.933 bits per heavy atom. The minimum Gasteiger partial charge on any atom is -0.392 e. The molecule has 10 heteroatoms. The maximum atomic E-state index is 15.3. The highest BCUT2D eigenvalue weighted by Crippen LogP contribution is 2.31. The zero-order valence-corrected chi connectivity index (χ0v) is 25.1. The molecule has 3 aromatic carbocycles. The zero-order chi connectivity index (χ0) is 31.2. The van der Waals surface area contributed by atoms with Crippen LogP contribution in [0.3, 0.4) is 0 Å². The van der Waals surface area contributed by atoms with Crippen LogP contribution in [0.4, 0.5) is 15.9 Å². The van der Waals surface area contributed by atoms with Crippen molar-refractivity contribution >= 4 is 27.9 Å². The van der Waals surface area contributed by atoms with Crippen LogP contribution >= 0.6 is 0 Å². The van der Waals surface area contributed by atoms with Crippen molar-refractivity contribution in [3.05, 3.63) is 123 Å². The van der Waals surface area contributed by atoms with Gasteiger partial charge in [0, 0.05) is 47.8 Å². The molecule has 1 aliphatic rings. The number of rotatable bonds is 6. The standard InChI is InChI=1S/C35H33FN6O3/c1-39-13-11-23(12-14-39)22-7-9-26(10-8-22)37-33-35(45)40(2)20-29(38-33)27-18-25(36)19-31(28(27)21-43)42-16-15-41-30-6-4-3-5-24(30)17-32(41)34(42)44/h3-10,15-20,23,43H,11-14,21H2,1-2H3,(H,37,38). The molecule has 0 saturated carbocycles. The van der Waals surface area contributed by atoms with E-state index in [-0.39, 0.29) is 33.9 Å². The fourth-order valence-corrected chi connectivity index (χ4v) is 6.38. The van der Waals surface area contributed by atoms with Crippen LogP contribution < -0.4 is 16.4 Å². The molecule has 2 N–H and O–H groups in total. The Labute approximate surface area is 258 Å². The van der Waals surface area contributed by atoms with E-state index in [0.717, 1.165) is 36.8 Å². The molecule has 1 fully saturated rings. The van der Waals surface area contributed by atoms with Crippen LogP contribution in [0, 0.1) is 5.82 Å². The normalized spacial score (nSPS) is 14.4. The van der Waals surface area contributed by atoms with Crippen molar-refractivity contribution in [2.45, 2.75) is 25.4 Å². The second-order valence-electron chi connectivity index (χ2n) is 11.8. The number of hydrogen-bond acceptors (Lipinski definition) is 6. The van der Waals surface area contributed by atoms with Crippen molar-refractivity contribution in [1.82, 2.24) is 23.4 Å². The number of aromatic nitrogens is 4. The van der Waals surface area contributed by atoms with Crippen LogP contribution in [-0.2, 0) is 13.7 Å². The first kappa shape index (κ1) is 28.7. The van der Waals surface area contributed by atoms with Gasteiger partial charge in [0.15, 0.2) is 5.82 Å². The fourth-order valence-electron chi connectivity index (χ4n) is 6.38. The molecule has 0 aliphatic carbocycles. The van der Waals surface area contributed by atoms with Gasteiger partial charge in [-0.25, -0.2) is 9.37 Å². The van der Waals surface area contributed by atoms with Crippen molar-refractivity contribution in [1.29, 1.82) is 0 Å². The highest BCUT2D eigenvalue weighted by atomic mass is 19.1. The lowest BCUT2D eigenvalue weighted by Gasteiger charge is -2.29. The van der Waals surface area contributed by atoms with Crippen molar-refractivity contribution in [3.63, 3.8) is 0 Å². The van der Waals surface area contributed by atoms with Crippen LogP contribution in [-0.4, -0.2) is 48.7 Å². The summed E-state index contributed by atoms with van der Waals surface area (Å²) in [7, 11) is 3.74. The van der Waals surface area contributed by atoms with E-state index in [4.69, 9.17) is 0 Å². The molecule has 1 saturated heterocycles. The quantitative estimate of drug-likeness (QED) is 0.272. The number of aryl methyl sites for hydroxylation is 1. The molecule has 0 bridgehead atoms. The number of halogens is 1.